The van der Waals surface area contributed by atoms with Crippen molar-refractivity contribution in [2.45, 2.75) is 31.8 Å². The first kappa shape index (κ1) is 16.4. The first-order chi connectivity index (χ1) is 10.0. The van der Waals surface area contributed by atoms with Crippen molar-refractivity contribution in [3.05, 3.63) is 35.9 Å². The fourth-order valence-corrected chi connectivity index (χ4v) is 4.64. The number of nitrogens with zero attached hydrogens (tertiary/aromatic N) is 1. The van der Waals surface area contributed by atoms with Crippen LogP contribution in [0.25, 0.3) is 0 Å². The highest BCUT2D eigenvalue weighted by atomic mass is 32.2. The third-order valence-corrected chi connectivity index (χ3v) is 6.39. The molecule has 6 heteroatoms. The maximum absolute atomic E-state index is 12.9. The van der Waals surface area contributed by atoms with Crippen molar-refractivity contribution in [2.75, 3.05) is 26.2 Å². The maximum atomic E-state index is 12.9. The molecule has 0 aromatic heterocycles. The summed E-state index contributed by atoms with van der Waals surface area (Å²) in [5, 5.41) is 3.13. The van der Waals surface area contributed by atoms with E-state index in [1.54, 1.807) is 0 Å². The van der Waals surface area contributed by atoms with Gasteiger partial charge in [-0.2, -0.15) is 4.31 Å². The lowest BCUT2D eigenvalue weighted by Crippen LogP contribution is -2.46. The van der Waals surface area contributed by atoms with Gasteiger partial charge in [0.2, 0.25) is 15.0 Å². The van der Waals surface area contributed by atoms with Crippen molar-refractivity contribution >= 4 is 10.0 Å². The molecule has 1 saturated heterocycles. The highest BCUT2D eigenvalue weighted by molar-refractivity contribution is 7.90. The zero-order valence-electron chi connectivity index (χ0n) is 12.9. The summed E-state index contributed by atoms with van der Waals surface area (Å²) in [6, 6.07) is 9.54. The number of hydrogen-bond acceptors (Lipinski definition) is 4. The molecule has 2 atom stereocenters. The molecule has 21 heavy (non-hydrogen) atoms. The normalized spacial score (nSPS) is 25.2. The van der Waals surface area contributed by atoms with Gasteiger partial charge in [0.05, 0.1) is 0 Å². The van der Waals surface area contributed by atoms with Crippen molar-refractivity contribution in [3.63, 3.8) is 0 Å². The number of nitrogens with one attached hydrogen (secondary N) is 1. The standard InChI is InChI=1S/C15H24N2O3S/c1-4-16-12-15(21(18,19)17(5-2)6-3)14(20-15)13-10-8-7-9-11-13/h7-11,14,16H,4-6,12H2,1-3H3. The molecule has 0 spiro atoms. The van der Waals surface area contributed by atoms with Crippen molar-refractivity contribution in [3.8, 4) is 0 Å². The van der Waals surface area contributed by atoms with Crippen LogP contribution in [0.4, 0.5) is 0 Å². The van der Waals surface area contributed by atoms with Crippen LogP contribution in [0.2, 0.25) is 0 Å². The minimum atomic E-state index is -3.51. The zero-order chi connectivity index (χ0) is 15.5. The summed E-state index contributed by atoms with van der Waals surface area (Å²) < 4.78 is 33.1. The van der Waals surface area contributed by atoms with Gasteiger partial charge in [-0.05, 0) is 12.1 Å². The van der Waals surface area contributed by atoms with Crippen LogP contribution in [0.15, 0.2) is 30.3 Å². The molecule has 1 aliphatic rings. The summed E-state index contributed by atoms with van der Waals surface area (Å²) in [4.78, 5) is -1.17. The van der Waals surface area contributed by atoms with E-state index in [4.69, 9.17) is 4.74 Å². The van der Waals surface area contributed by atoms with Crippen LogP contribution in [0.1, 0.15) is 32.4 Å². The number of epoxide rings is 1. The van der Waals surface area contributed by atoms with Gasteiger partial charge in [0.1, 0.15) is 6.10 Å². The Hall–Kier alpha value is -0.950. The summed E-state index contributed by atoms with van der Waals surface area (Å²) in [5.41, 5.74) is 0.908. The fraction of sp³-hybridized carbons (Fsp3) is 0.600. The molecule has 1 aliphatic heterocycles. The second-order valence-corrected chi connectivity index (χ2v) is 7.25. The van der Waals surface area contributed by atoms with Gasteiger partial charge in [-0.25, -0.2) is 8.42 Å². The second kappa shape index (κ2) is 6.44. The average molecular weight is 312 g/mol. The first-order valence-corrected chi connectivity index (χ1v) is 8.90. The zero-order valence-corrected chi connectivity index (χ0v) is 13.7. The van der Waals surface area contributed by atoms with E-state index < -0.39 is 21.1 Å². The second-order valence-electron chi connectivity index (χ2n) is 5.09. The van der Waals surface area contributed by atoms with Crippen LogP contribution in [-0.2, 0) is 14.8 Å². The van der Waals surface area contributed by atoms with Crippen molar-refractivity contribution in [2.24, 2.45) is 0 Å². The van der Waals surface area contributed by atoms with Crippen LogP contribution in [0, 0.1) is 0 Å². The van der Waals surface area contributed by atoms with E-state index in [-0.39, 0.29) is 0 Å². The summed E-state index contributed by atoms with van der Waals surface area (Å²) >= 11 is 0. The van der Waals surface area contributed by atoms with Crippen LogP contribution >= 0.6 is 0 Å². The Labute approximate surface area is 127 Å². The smallest absolute Gasteiger partial charge is 0.248 e. The Kier molecular flexibility index (Phi) is 5.03. The van der Waals surface area contributed by atoms with Gasteiger partial charge < -0.3 is 10.1 Å². The van der Waals surface area contributed by atoms with Crippen molar-refractivity contribution in [1.82, 2.24) is 9.62 Å². The Morgan fingerprint density at radius 1 is 1.19 bits per heavy atom. The predicted molar refractivity (Wildman–Crippen MR) is 83.4 cm³/mol. The first-order valence-electron chi connectivity index (χ1n) is 7.46. The van der Waals surface area contributed by atoms with E-state index in [1.165, 1.54) is 4.31 Å². The van der Waals surface area contributed by atoms with E-state index in [2.05, 4.69) is 5.32 Å². The van der Waals surface area contributed by atoms with Gasteiger partial charge >= 0.3 is 0 Å². The largest absolute Gasteiger partial charge is 0.342 e. The molecule has 2 unspecified atom stereocenters. The lowest BCUT2D eigenvalue weighted by molar-refractivity contribution is 0.321. The molecule has 1 fully saturated rings. The molecule has 0 saturated carbocycles. The van der Waals surface area contributed by atoms with Crippen molar-refractivity contribution in [1.29, 1.82) is 0 Å². The summed E-state index contributed by atoms with van der Waals surface area (Å²) in [7, 11) is -3.51. The number of sulfonamides is 1. The summed E-state index contributed by atoms with van der Waals surface area (Å²) in [6.07, 6.45) is -0.400. The number of hydrogen-bond donors (Lipinski definition) is 1. The summed E-state index contributed by atoms with van der Waals surface area (Å²) in [6.45, 7) is 7.58. The molecule has 1 aromatic carbocycles. The molecular weight excluding hydrogens is 288 g/mol. The molecule has 0 aliphatic carbocycles. The minimum absolute atomic E-state index is 0.307. The average Bonchev–Trinajstić information content (AvgIpc) is 3.23. The van der Waals surface area contributed by atoms with Gasteiger partial charge in [0, 0.05) is 19.6 Å². The van der Waals surface area contributed by atoms with E-state index in [9.17, 15) is 8.42 Å². The third-order valence-electron chi connectivity index (χ3n) is 3.87. The van der Waals surface area contributed by atoms with E-state index in [0.717, 1.165) is 5.56 Å². The highest BCUT2D eigenvalue weighted by Crippen LogP contribution is 2.53. The number of likely N-dealkylation sites (N-methyl/N-ethyl adjacent to an activating group) is 1. The molecule has 1 aromatic rings. The van der Waals surface area contributed by atoms with Gasteiger partial charge in [-0.3, -0.25) is 0 Å². The predicted octanol–water partition coefficient (Wildman–Crippen LogP) is 1.74. The Balaban J connectivity index is 2.33. The lowest BCUT2D eigenvalue weighted by atomic mass is 10.1. The van der Waals surface area contributed by atoms with E-state index >= 15 is 0 Å². The number of ether oxygens (including phenoxy) is 1. The molecule has 5 nitrogen and oxygen atoms in total. The van der Waals surface area contributed by atoms with Gasteiger partial charge in [0.25, 0.3) is 0 Å². The molecule has 118 valence electrons. The fourth-order valence-electron chi connectivity index (χ4n) is 2.62. The molecule has 0 radical (unpaired) electrons. The monoisotopic (exact) mass is 312 g/mol. The molecular formula is C15H24N2O3S. The van der Waals surface area contributed by atoms with Crippen LogP contribution in [0.5, 0.6) is 0 Å². The molecule has 0 amide bonds. The van der Waals surface area contributed by atoms with Crippen LogP contribution in [-0.4, -0.2) is 43.8 Å². The highest BCUT2D eigenvalue weighted by Gasteiger charge is 2.67. The number of rotatable bonds is 8. The van der Waals surface area contributed by atoms with Gasteiger partial charge in [-0.1, -0.05) is 51.1 Å². The van der Waals surface area contributed by atoms with Crippen molar-refractivity contribution < 1.29 is 13.2 Å². The van der Waals surface area contributed by atoms with Gasteiger partial charge in [0.15, 0.2) is 0 Å². The molecule has 1 heterocycles. The Morgan fingerprint density at radius 3 is 2.33 bits per heavy atom. The lowest BCUT2D eigenvalue weighted by Gasteiger charge is -2.24. The SMILES string of the molecule is CCNCC1(S(=O)(=O)N(CC)CC)OC1c1ccccc1. The topological polar surface area (TPSA) is 61.9 Å². The number of benzene rings is 1. The van der Waals surface area contributed by atoms with Gasteiger partial charge in [-0.15, -0.1) is 0 Å². The van der Waals surface area contributed by atoms with Crippen LogP contribution < -0.4 is 5.32 Å². The quantitative estimate of drug-likeness (QED) is 0.743. The molecule has 0 bridgehead atoms. The summed E-state index contributed by atoms with van der Waals surface area (Å²) in [5.74, 6) is 0. The van der Waals surface area contributed by atoms with Crippen LogP contribution in [0.3, 0.4) is 0 Å². The Morgan fingerprint density at radius 2 is 1.81 bits per heavy atom. The molecule has 2 rings (SSSR count). The third kappa shape index (κ3) is 2.85. The van der Waals surface area contributed by atoms with E-state index in [1.807, 2.05) is 51.1 Å². The minimum Gasteiger partial charge on any atom is -0.342 e. The Bertz CT molecular complexity index is 558. The van der Waals surface area contributed by atoms with E-state index in [0.29, 0.717) is 26.2 Å². The molecule has 1 N–H and O–H groups in total. The maximum Gasteiger partial charge on any atom is 0.248 e.